The van der Waals surface area contributed by atoms with Crippen molar-refractivity contribution in [3.63, 3.8) is 0 Å². The second-order valence-corrected chi connectivity index (χ2v) is 10.6. The Hall–Kier alpha value is -5.81. The highest BCUT2D eigenvalue weighted by Gasteiger charge is 2.23. The van der Waals surface area contributed by atoms with Gasteiger partial charge < -0.3 is 4.98 Å². The highest BCUT2D eigenvalue weighted by Crippen LogP contribution is 2.43. The molecule has 3 aromatic heterocycles. The van der Waals surface area contributed by atoms with Crippen molar-refractivity contribution in [2.24, 2.45) is 0 Å². The molecular weight excluding hydrogens is 516 g/mol. The maximum absolute atomic E-state index is 13.4. The normalized spacial score (nSPS) is 11.9. The van der Waals surface area contributed by atoms with Crippen LogP contribution in [-0.4, -0.2) is 19.5 Å². The average molecular weight is 539 g/mol. The summed E-state index contributed by atoms with van der Waals surface area (Å²) in [6.07, 6.45) is 0. The van der Waals surface area contributed by atoms with Gasteiger partial charge in [-0.25, -0.2) is 9.97 Å². The Labute approximate surface area is 239 Å². The molecule has 0 bridgehead atoms. The minimum absolute atomic E-state index is 0.0974. The molecule has 0 atom stereocenters. The number of para-hydroxylation sites is 2. The molecule has 9 aromatic rings. The first-order chi connectivity index (χ1) is 20.8. The predicted molar refractivity (Wildman–Crippen MR) is 172 cm³/mol. The van der Waals surface area contributed by atoms with Crippen LogP contribution in [0.4, 0.5) is 0 Å². The van der Waals surface area contributed by atoms with Crippen LogP contribution in [0.5, 0.6) is 0 Å². The van der Waals surface area contributed by atoms with Crippen LogP contribution in [0, 0.1) is 0 Å². The standard InChI is InChI=1S/C37H22N4O/c42-36-26-17-7-5-15-24(26)31-23-14-4-6-16-25(23)35-32(34(31)39-36)28-19-9-11-21-30(28)41(35)37-38-29-20-10-8-18-27(29)33(40-37)22-12-2-1-3-13-22/h1-21H,(H,39,42). The number of rotatable bonds is 2. The molecular formula is C37H22N4O. The van der Waals surface area contributed by atoms with Crippen molar-refractivity contribution in [1.82, 2.24) is 19.5 Å². The summed E-state index contributed by atoms with van der Waals surface area (Å²) in [7, 11) is 0. The smallest absolute Gasteiger partial charge is 0.256 e. The van der Waals surface area contributed by atoms with Crippen LogP contribution >= 0.6 is 0 Å². The molecule has 0 fully saturated rings. The average Bonchev–Trinajstić information content (AvgIpc) is 3.40. The number of aromatic nitrogens is 4. The minimum Gasteiger partial charge on any atom is -0.321 e. The lowest BCUT2D eigenvalue weighted by Gasteiger charge is -2.14. The largest absolute Gasteiger partial charge is 0.321 e. The zero-order chi connectivity index (χ0) is 27.8. The monoisotopic (exact) mass is 538 g/mol. The van der Waals surface area contributed by atoms with Gasteiger partial charge in [-0.1, -0.05) is 109 Å². The lowest BCUT2D eigenvalue weighted by molar-refractivity contribution is 1.02. The first-order valence-corrected chi connectivity index (χ1v) is 14.0. The Kier molecular flexibility index (Phi) is 4.70. The fourth-order valence-corrected chi connectivity index (χ4v) is 6.59. The van der Waals surface area contributed by atoms with Gasteiger partial charge in [0.05, 0.1) is 27.8 Å². The number of benzene rings is 6. The molecule has 0 aliphatic carbocycles. The van der Waals surface area contributed by atoms with Crippen LogP contribution in [0.15, 0.2) is 132 Å². The zero-order valence-corrected chi connectivity index (χ0v) is 22.4. The third kappa shape index (κ3) is 3.10. The number of hydrogen-bond acceptors (Lipinski definition) is 3. The first kappa shape index (κ1) is 22.9. The molecule has 0 saturated carbocycles. The molecule has 0 amide bonds. The Bertz CT molecular complexity index is 2600. The quantitative estimate of drug-likeness (QED) is 0.224. The lowest BCUT2D eigenvalue weighted by atomic mass is 9.96. The molecule has 9 rings (SSSR count). The van der Waals surface area contributed by atoms with E-state index in [1.165, 1.54) is 0 Å². The van der Waals surface area contributed by atoms with Gasteiger partial charge in [0.1, 0.15) is 0 Å². The molecule has 0 saturated heterocycles. The molecule has 0 spiro atoms. The minimum atomic E-state index is -0.0974. The van der Waals surface area contributed by atoms with E-state index in [0.717, 1.165) is 71.0 Å². The summed E-state index contributed by atoms with van der Waals surface area (Å²) in [5.41, 5.74) is 5.46. The second-order valence-electron chi connectivity index (χ2n) is 10.6. The first-order valence-electron chi connectivity index (χ1n) is 14.0. The van der Waals surface area contributed by atoms with Crippen LogP contribution in [0.3, 0.4) is 0 Å². The van der Waals surface area contributed by atoms with E-state index in [1.807, 2.05) is 72.8 Å². The predicted octanol–water partition coefficient (Wildman–Crippen LogP) is 8.54. The van der Waals surface area contributed by atoms with E-state index < -0.39 is 0 Å². The Morgan fingerprint density at radius 2 is 1.12 bits per heavy atom. The molecule has 42 heavy (non-hydrogen) atoms. The third-order valence-electron chi connectivity index (χ3n) is 8.34. The topological polar surface area (TPSA) is 63.6 Å². The Morgan fingerprint density at radius 3 is 1.90 bits per heavy atom. The molecule has 0 aliphatic rings. The van der Waals surface area contributed by atoms with Crippen LogP contribution < -0.4 is 5.56 Å². The maximum atomic E-state index is 13.4. The van der Waals surface area contributed by atoms with Crippen LogP contribution in [0.2, 0.25) is 0 Å². The third-order valence-corrected chi connectivity index (χ3v) is 8.34. The van der Waals surface area contributed by atoms with Gasteiger partial charge in [-0.15, -0.1) is 0 Å². The van der Waals surface area contributed by atoms with Crippen molar-refractivity contribution < 1.29 is 0 Å². The van der Waals surface area contributed by atoms with E-state index in [9.17, 15) is 4.79 Å². The molecule has 0 aliphatic heterocycles. The van der Waals surface area contributed by atoms with E-state index in [0.29, 0.717) is 11.3 Å². The number of hydrogen-bond donors (Lipinski definition) is 1. The highest BCUT2D eigenvalue weighted by molar-refractivity contribution is 6.35. The summed E-state index contributed by atoms with van der Waals surface area (Å²) in [4.78, 5) is 27.1. The SMILES string of the molecule is O=c1[nH]c2c(c3ccccc13)c1ccccc1c1c2c2ccccc2n1-c1nc(-c2ccccc2)c2ccccc2n1. The molecule has 5 nitrogen and oxygen atoms in total. The van der Waals surface area contributed by atoms with Crippen LogP contribution in [-0.2, 0) is 0 Å². The molecule has 1 N–H and O–H groups in total. The van der Waals surface area contributed by atoms with Gasteiger partial charge in [-0.05, 0) is 29.0 Å². The van der Waals surface area contributed by atoms with E-state index in [2.05, 4.69) is 64.1 Å². The molecule has 6 aromatic carbocycles. The van der Waals surface area contributed by atoms with E-state index >= 15 is 0 Å². The number of pyridine rings is 1. The van der Waals surface area contributed by atoms with Gasteiger partial charge in [0.15, 0.2) is 0 Å². The number of fused-ring (bicyclic) bond motifs is 11. The molecule has 0 unspecified atom stereocenters. The van der Waals surface area contributed by atoms with Crippen molar-refractivity contribution in [2.75, 3.05) is 0 Å². The van der Waals surface area contributed by atoms with E-state index in [-0.39, 0.29) is 5.56 Å². The Balaban J connectivity index is 1.54. The second kappa shape index (κ2) is 8.59. The molecule has 3 heterocycles. The molecule has 5 heteroatoms. The summed E-state index contributed by atoms with van der Waals surface area (Å²) in [5.74, 6) is 0.589. The molecule has 0 radical (unpaired) electrons. The fraction of sp³-hybridized carbons (Fsp3) is 0. The summed E-state index contributed by atoms with van der Waals surface area (Å²) in [5, 5.41) is 7.84. The van der Waals surface area contributed by atoms with Crippen molar-refractivity contribution in [3.8, 4) is 17.2 Å². The van der Waals surface area contributed by atoms with E-state index in [4.69, 9.17) is 9.97 Å². The fourth-order valence-electron chi connectivity index (χ4n) is 6.59. The maximum Gasteiger partial charge on any atom is 0.256 e. The van der Waals surface area contributed by atoms with Gasteiger partial charge in [0.2, 0.25) is 5.95 Å². The summed E-state index contributed by atoms with van der Waals surface area (Å²) in [6.45, 7) is 0. The summed E-state index contributed by atoms with van der Waals surface area (Å²) < 4.78 is 2.17. The van der Waals surface area contributed by atoms with Crippen molar-refractivity contribution in [2.45, 2.75) is 0 Å². The highest BCUT2D eigenvalue weighted by atomic mass is 16.1. The summed E-state index contributed by atoms with van der Waals surface area (Å²) >= 11 is 0. The summed E-state index contributed by atoms with van der Waals surface area (Å²) in [6, 6.07) is 43.0. The number of nitrogens with zero attached hydrogens (tertiary/aromatic N) is 3. The van der Waals surface area contributed by atoms with Gasteiger partial charge in [-0.3, -0.25) is 9.36 Å². The van der Waals surface area contributed by atoms with E-state index in [1.54, 1.807) is 0 Å². The van der Waals surface area contributed by atoms with Crippen molar-refractivity contribution >= 4 is 65.2 Å². The molecule has 196 valence electrons. The lowest BCUT2D eigenvalue weighted by Crippen LogP contribution is -2.07. The number of aromatic amines is 1. The van der Waals surface area contributed by atoms with Gasteiger partial charge in [-0.2, -0.15) is 0 Å². The number of H-pyrrole nitrogens is 1. The van der Waals surface area contributed by atoms with Crippen LogP contribution in [0.1, 0.15) is 0 Å². The van der Waals surface area contributed by atoms with Gasteiger partial charge >= 0.3 is 0 Å². The number of nitrogens with one attached hydrogen (secondary N) is 1. The van der Waals surface area contributed by atoms with Crippen LogP contribution in [0.25, 0.3) is 82.4 Å². The van der Waals surface area contributed by atoms with Crippen molar-refractivity contribution in [3.05, 3.63) is 138 Å². The van der Waals surface area contributed by atoms with Crippen molar-refractivity contribution in [1.29, 1.82) is 0 Å². The Morgan fingerprint density at radius 1 is 0.524 bits per heavy atom. The van der Waals surface area contributed by atoms with Gasteiger partial charge in [0.25, 0.3) is 5.56 Å². The zero-order valence-electron chi connectivity index (χ0n) is 22.4. The van der Waals surface area contributed by atoms with Gasteiger partial charge in [0, 0.05) is 37.9 Å².